The first-order chi connectivity index (χ1) is 10.2. The summed E-state index contributed by atoms with van der Waals surface area (Å²) >= 11 is 1.63. The second-order valence-electron chi connectivity index (χ2n) is 5.77. The molecule has 2 aliphatic heterocycles. The van der Waals surface area contributed by atoms with Gasteiger partial charge in [0.15, 0.2) is 0 Å². The van der Waals surface area contributed by atoms with E-state index in [0.29, 0.717) is 13.2 Å². The Bertz CT molecular complexity index is 514. The zero-order valence-electron chi connectivity index (χ0n) is 12.3. The SMILES string of the molecule is CO[C@@H]1CO[C@@]2(CCCN(C(=O)/C=C/c3cccs3)C2)C1. The molecular formula is C16H21NO3S. The van der Waals surface area contributed by atoms with Crippen molar-refractivity contribution in [3.8, 4) is 0 Å². The lowest BCUT2D eigenvalue weighted by Gasteiger charge is -2.39. The largest absolute Gasteiger partial charge is 0.379 e. The summed E-state index contributed by atoms with van der Waals surface area (Å²) in [4.78, 5) is 15.4. The summed E-state index contributed by atoms with van der Waals surface area (Å²) in [6.07, 6.45) is 6.64. The van der Waals surface area contributed by atoms with Crippen LogP contribution in [0.5, 0.6) is 0 Å². The number of methoxy groups -OCH3 is 1. The van der Waals surface area contributed by atoms with Crippen molar-refractivity contribution < 1.29 is 14.3 Å². The molecule has 1 aromatic rings. The van der Waals surface area contributed by atoms with Gasteiger partial charge in [-0.05, 0) is 30.4 Å². The lowest BCUT2D eigenvalue weighted by molar-refractivity contribution is -0.133. The summed E-state index contributed by atoms with van der Waals surface area (Å²) in [6.45, 7) is 2.14. The molecule has 0 N–H and O–H groups in total. The summed E-state index contributed by atoms with van der Waals surface area (Å²) in [5.41, 5.74) is -0.189. The molecule has 1 aromatic heterocycles. The van der Waals surface area contributed by atoms with Crippen LogP contribution >= 0.6 is 11.3 Å². The predicted molar refractivity (Wildman–Crippen MR) is 83.3 cm³/mol. The van der Waals surface area contributed by atoms with Crippen molar-refractivity contribution in [1.29, 1.82) is 0 Å². The number of amides is 1. The molecule has 21 heavy (non-hydrogen) atoms. The Balaban J connectivity index is 1.62. The van der Waals surface area contributed by atoms with E-state index in [9.17, 15) is 4.79 Å². The number of piperidine rings is 1. The van der Waals surface area contributed by atoms with Gasteiger partial charge >= 0.3 is 0 Å². The molecule has 1 amide bonds. The fraction of sp³-hybridized carbons (Fsp3) is 0.562. The quantitative estimate of drug-likeness (QED) is 0.806. The Morgan fingerprint density at radius 3 is 3.24 bits per heavy atom. The average Bonchev–Trinajstić information content (AvgIpc) is 3.15. The van der Waals surface area contributed by atoms with Crippen molar-refractivity contribution in [1.82, 2.24) is 4.90 Å². The van der Waals surface area contributed by atoms with E-state index in [2.05, 4.69) is 0 Å². The predicted octanol–water partition coefficient (Wildman–Crippen LogP) is 2.56. The zero-order chi connectivity index (χ0) is 14.7. The first-order valence-electron chi connectivity index (χ1n) is 7.38. The van der Waals surface area contributed by atoms with Crippen molar-refractivity contribution >= 4 is 23.3 Å². The molecule has 5 heteroatoms. The third-order valence-electron chi connectivity index (χ3n) is 4.29. The topological polar surface area (TPSA) is 38.8 Å². The first-order valence-corrected chi connectivity index (χ1v) is 8.26. The van der Waals surface area contributed by atoms with Crippen LogP contribution < -0.4 is 0 Å². The molecule has 2 aliphatic rings. The van der Waals surface area contributed by atoms with Crippen LogP contribution in [-0.2, 0) is 14.3 Å². The second kappa shape index (κ2) is 6.30. The molecular weight excluding hydrogens is 286 g/mol. The van der Waals surface area contributed by atoms with Crippen LogP contribution in [0.1, 0.15) is 24.1 Å². The molecule has 3 rings (SSSR count). The number of nitrogens with zero attached hydrogens (tertiary/aromatic N) is 1. The van der Waals surface area contributed by atoms with E-state index in [-0.39, 0.29) is 17.6 Å². The molecule has 4 nitrogen and oxygen atoms in total. The van der Waals surface area contributed by atoms with Crippen molar-refractivity contribution in [3.05, 3.63) is 28.5 Å². The van der Waals surface area contributed by atoms with Crippen LogP contribution in [0, 0.1) is 0 Å². The number of hydrogen-bond donors (Lipinski definition) is 0. The Labute approximate surface area is 129 Å². The standard InChI is InChI=1S/C16H21NO3S/c1-19-13-10-16(20-11-13)7-3-8-17(12-16)15(18)6-5-14-4-2-9-21-14/h2,4-6,9,13H,3,7-8,10-12H2,1H3/b6-5+/t13-,16-/m0/s1. The van der Waals surface area contributed by atoms with Gasteiger partial charge in [0.1, 0.15) is 0 Å². The van der Waals surface area contributed by atoms with Crippen molar-refractivity contribution in [2.75, 3.05) is 26.8 Å². The number of rotatable bonds is 3. The molecule has 114 valence electrons. The molecule has 0 saturated carbocycles. The summed E-state index contributed by atoms with van der Waals surface area (Å²) in [5, 5.41) is 2.01. The zero-order valence-corrected chi connectivity index (χ0v) is 13.1. The summed E-state index contributed by atoms with van der Waals surface area (Å²) in [6, 6.07) is 4.00. The Morgan fingerprint density at radius 1 is 1.62 bits per heavy atom. The number of hydrogen-bond acceptors (Lipinski definition) is 4. The Kier molecular flexibility index (Phi) is 4.42. The third-order valence-corrected chi connectivity index (χ3v) is 5.13. The normalized spacial score (nSPS) is 29.6. The minimum atomic E-state index is -0.189. The Hall–Kier alpha value is -1.17. The molecule has 3 heterocycles. The first kappa shape index (κ1) is 14.8. The monoisotopic (exact) mass is 307 g/mol. The number of carbonyl (C=O) groups excluding carboxylic acids is 1. The number of carbonyl (C=O) groups is 1. The van der Waals surface area contributed by atoms with Crippen LogP contribution in [0.15, 0.2) is 23.6 Å². The van der Waals surface area contributed by atoms with Gasteiger partial charge in [0.2, 0.25) is 5.91 Å². The molecule has 0 aromatic carbocycles. The van der Waals surface area contributed by atoms with E-state index in [1.807, 2.05) is 28.5 Å². The maximum Gasteiger partial charge on any atom is 0.246 e. The summed E-state index contributed by atoms with van der Waals surface area (Å²) < 4.78 is 11.4. The van der Waals surface area contributed by atoms with Gasteiger partial charge in [-0.1, -0.05) is 6.07 Å². The van der Waals surface area contributed by atoms with E-state index < -0.39 is 0 Å². The molecule has 2 saturated heterocycles. The van der Waals surface area contributed by atoms with Gasteiger partial charge < -0.3 is 14.4 Å². The highest BCUT2D eigenvalue weighted by Gasteiger charge is 2.44. The molecule has 1 spiro atoms. The van der Waals surface area contributed by atoms with E-state index in [0.717, 1.165) is 30.7 Å². The maximum absolute atomic E-state index is 12.3. The van der Waals surface area contributed by atoms with Crippen LogP contribution in [0.4, 0.5) is 0 Å². The van der Waals surface area contributed by atoms with Crippen LogP contribution in [0.25, 0.3) is 6.08 Å². The van der Waals surface area contributed by atoms with Crippen molar-refractivity contribution in [3.63, 3.8) is 0 Å². The summed E-state index contributed by atoms with van der Waals surface area (Å²) in [7, 11) is 1.72. The fourth-order valence-electron chi connectivity index (χ4n) is 3.17. The van der Waals surface area contributed by atoms with Crippen molar-refractivity contribution in [2.24, 2.45) is 0 Å². The molecule has 0 unspecified atom stereocenters. The van der Waals surface area contributed by atoms with Gasteiger partial charge in [-0.2, -0.15) is 0 Å². The number of ether oxygens (including phenoxy) is 2. The molecule has 0 radical (unpaired) electrons. The Morgan fingerprint density at radius 2 is 2.52 bits per heavy atom. The van der Waals surface area contributed by atoms with Gasteiger partial charge in [0.05, 0.1) is 24.9 Å². The van der Waals surface area contributed by atoms with Crippen LogP contribution in [-0.4, -0.2) is 49.3 Å². The van der Waals surface area contributed by atoms with Crippen LogP contribution in [0.3, 0.4) is 0 Å². The van der Waals surface area contributed by atoms with Gasteiger partial charge in [-0.3, -0.25) is 4.79 Å². The summed E-state index contributed by atoms with van der Waals surface area (Å²) in [5.74, 6) is 0.0759. The second-order valence-corrected chi connectivity index (χ2v) is 6.75. The third kappa shape index (κ3) is 3.36. The smallest absolute Gasteiger partial charge is 0.246 e. The highest BCUT2D eigenvalue weighted by molar-refractivity contribution is 7.10. The molecule has 2 atom stereocenters. The lowest BCUT2D eigenvalue weighted by atomic mass is 9.89. The highest BCUT2D eigenvalue weighted by atomic mass is 32.1. The number of thiophene rings is 1. The number of likely N-dealkylation sites (tertiary alicyclic amines) is 1. The van der Waals surface area contributed by atoms with E-state index in [1.165, 1.54) is 0 Å². The molecule has 0 bridgehead atoms. The van der Waals surface area contributed by atoms with E-state index >= 15 is 0 Å². The highest BCUT2D eigenvalue weighted by Crippen LogP contribution is 2.35. The fourth-order valence-corrected chi connectivity index (χ4v) is 3.79. The lowest BCUT2D eigenvalue weighted by Crippen LogP contribution is -2.49. The van der Waals surface area contributed by atoms with Crippen LogP contribution in [0.2, 0.25) is 0 Å². The molecule has 2 fully saturated rings. The van der Waals surface area contributed by atoms with E-state index in [4.69, 9.17) is 9.47 Å². The molecule has 0 aliphatic carbocycles. The van der Waals surface area contributed by atoms with E-state index in [1.54, 1.807) is 24.5 Å². The van der Waals surface area contributed by atoms with Gasteiger partial charge in [0, 0.05) is 31.0 Å². The minimum Gasteiger partial charge on any atom is -0.379 e. The van der Waals surface area contributed by atoms with Gasteiger partial charge in [-0.25, -0.2) is 0 Å². The minimum absolute atomic E-state index is 0.0759. The van der Waals surface area contributed by atoms with Gasteiger partial charge in [0.25, 0.3) is 0 Å². The van der Waals surface area contributed by atoms with Gasteiger partial charge in [-0.15, -0.1) is 11.3 Å². The maximum atomic E-state index is 12.3. The van der Waals surface area contributed by atoms with Crippen molar-refractivity contribution in [2.45, 2.75) is 31.0 Å². The average molecular weight is 307 g/mol.